The molecule has 7 nitrogen and oxygen atoms in total. The number of carbonyl (C=O) groups excluding carboxylic acids is 1. The van der Waals surface area contributed by atoms with Crippen LogP contribution in [0.15, 0.2) is 65.1 Å². The molecule has 1 amide bonds. The van der Waals surface area contributed by atoms with Gasteiger partial charge in [-0.05, 0) is 96.5 Å². The molecule has 0 saturated heterocycles. The van der Waals surface area contributed by atoms with Gasteiger partial charge in [0.25, 0.3) is 5.91 Å². The van der Waals surface area contributed by atoms with E-state index in [1.54, 1.807) is 18.2 Å². The maximum absolute atomic E-state index is 12.8. The summed E-state index contributed by atoms with van der Waals surface area (Å²) in [5, 5.41) is 12.4. The second kappa shape index (κ2) is 10.9. The fourth-order valence-corrected chi connectivity index (χ4v) is 4.98. The highest BCUT2D eigenvalue weighted by Crippen LogP contribution is 2.36. The molecule has 3 rings (SSSR count). The van der Waals surface area contributed by atoms with Gasteiger partial charge in [0.2, 0.25) is 0 Å². The van der Waals surface area contributed by atoms with E-state index in [4.69, 9.17) is 8.92 Å². The zero-order valence-corrected chi connectivity index (χ0v) is 22.5. The SMILES string of the molecule is COc1cc(/C=C(\C#N)C(=O)Nc2cc(C)ccc2C)cc(I)c1OS(=O)(=O)c1ccc(C)cc1. The van der Waals surface area contributed by atoms with Gasteiger partial charge in [0.05, 0.1) is 10.7 Å². The Balaban J connectivity index is 1.92. The summed E-state index contributed by atoms with van der Waals surface area (Å²) >= 11 is 1.92. The minimum absolute atomic E-state index is 0.0137. The van der Waals surface area contributed by atoms with Crippen molar-refractivity contribution in [1.29, 1.82) is 5.26 Å². The summed E-state index contributed by atoms with van der Waals surface area (Å²) in [6, 6.07) is 17.0. The first-order valence-electron chi connectivity index (χ1n) is 10.4. The van der Waals surface area contributed by atoms with Crippen LogP contribution in [0.3, 0.4) is 0 Å². The van der Waals surface area contributed by atoms with Crippen molar-refractivity contribution < 1.29 is 22.1 Å². The molecule has 180 valence electrons. The lowest BCUT2D eigenvalue weighted by Gasteiger charge is -2.14. The average Bonchev–Trinajstić information content (AvgIpc) is 2.81. The van der Waals surface area contributed by atoms with Gasteiger partial charge in [-0.15, -0.1) is 0 Å². The molecule has 0 aromatic heterocycles. The van der Waals surface area contributed by atoms with E-state index < -0.39 is 16.0 Å². The van der Waals surface area contributed by atoms with E-state index >= 15 is 0 Å². The van der Waals surface area contributed by atoms with E-state index in [9.17, 15) is 18.5 Å². The number of halogens is 1. The molecule has 0 fully saturated rings. The maximum atomic E-state index is 12.8. The molecule has 0 saturated carbocycles. The van der Waals surface area contributed by atoms with Crippen LogP contribution < -0.4 is 14.2 Å². The van der Waals surface area contributed by atoms with Crippen LogP contribution in [0.5, 0.6) is 11.5 Å². The van der Waals surface area contributed by atoms with Crippen molar-refractivity contribution in [3.05, 3.63) is 86.0 Å². The molecule has 9 heteroatoms. The second-order valence-corrected chi connectivity index (χ2v) is 10.5. The normalized spacial score (nSPS) is 11.5. The average molecular weight is 602 g/mol. The zero-order chi connectivity index (χ0) is 25.8. The number of hydrogen-bond acceptors (Lipinski definition) is 6. The fraction of sp³-hybridized carbons (Fsp3) is 0.154. The predicted molar refractivity (Wildman–Crippen MR) is 143 cm³/mol. The van der Waals surface area contributed by atoms with Gasteiger partial charge >= 0.3 is 10.1 Å². The lowest BCUT2D eigenvalue weighted by Crippen LogP contribution is -2.14. The van der Waals surface area contributed by atoms with Gasteiger partial charge in [0.15, 0.2) is 11.5 Å². The number of amides is 1. The summed E-state index contributed by atoms with van der Waals surface area (Å²) in [6.45, 7) is 5.63. The quantitative estimate of drug-likeness (QED) is 0.165. The molecule has 0 aliphatic carbocycles. The van der Waals surface area contributed by atoms with Crippen LogP contribution in [-0.2, 0) is 14.9 Å². The molecule has 0 heterocycles. The van der Waals surface area contributed by atoms with Crippen molar-refractivity contribution in [3.63, 3.8) is 0 Å². The molecule has 0 atom stereocenters. The summed E-state index contributed by atoms with van der Waals surface area (Å²) in [4.78, 5) is 12.8. The molecule has 0 aliphatic rings. The smallest absolute Gasteiger partial charge is 0.339 e. The number of nitrogens with zero attached hydrogens (tertiary/aromatic N) is 1. The highest BCUT2D eigenvalue weighted by atomic mass is 127. The Kier molecular flexibility index (Phi) is 8.19. The van der Waals surface area contributed by atoms with Crippen LogP contribution in [0.1, 0.15) is 22.3 Å². The first-order chi connectivity index (χ1) is 16.5. The van der Waals surface area contributed by atoms with Gasteiger partial charge in [0, 0.05) is 5.69 Å². The summed E-state index contributed by atoms with van der Waals surface area (Å²) in [5.74, 6) is -0.396. The summed E-state index contributed by atoms with van der Waals surface area (Å²) in [6.07, 6.45) is 1.41. The Labute approximate surface area is 218 Å². The van der Waals surface area contributed by atoms with Crippen LogP contribution in [0.25, 0.3) is 6.08 Å². The fourth-order valence-electron chi connectivity index (χ4n) is 3.14. The van der Waals surface area contributed by atoms with Crippen molar-refractivity contribution in [1.82, 2.24) is 0 Å². The third-order valence-corrected chi connectivity index (χ3v) is 7.11. The molecule has 0 bridgehead atoms. The summed E-state index contributed by atoms with van der Waals surface area (Å²) in [7, 11) is -2.72. The number of nitriles is 1. The maximum Gasteiger partial charge on any atom is 0.339 e. The number of nitrogens with one attached hydrogen (secondary N) is 1. The first-order valence-corrected chi connectivity index (χ1v) is 12.9. The monoisotopic (exact) mass is 602 g/mol. The number of ether oxygens (including phenoxy) is 1. The predicted octanol–water partition coefficient (Wildman–Crippen LogP) is 5.54. The van der Waals surface area contributed by atoms with Gasteiger partial charge in [-0.25, -0.2) is 0 Å². The number of benzene rings is 3. The zero-order valence-electron chi connectivity index (χ0n) is 19.5. The van der Waals surface area contributed by atoms with Crippen molar-refractivity contribution in [2.45, 2.75) is 25.7 Å². The number of methoxy groups -OCH3 is 1. The Morgan fingerprint density at radius 2 is 1.69 bits per heavy atom. The van der Waals surface area contributed by atoms with Crippen LogP contribution >= 0.6 is 22.6 Å². The van der Waals surface area contributed by atoms with Crippen LogP contribution in [-0.4, -0.2) is 21.4 Å². The third kappa shape index (κ3) is 6.41. The minimum atomic E-state index is -4.10. The van der Waals surface area contributed by atoms with E-state index in [0.29, 0.717) is 14.8 Å². The van der Waals surface area contributed by atoms with E-state index in [1.165, 1.54) is 31.4 Å². The molecule has 3 aromatic carbocycles. The molecule has 0 unspecified atom stereocenters. The largest absolute Gasteiger partial charge is 0.493 e. The number of carbonyl (C=O) groups is 1. The van der Waals surface area contributed by atoms with E-state index in [1.807, 2.05) is 67.6 Å². The van der Waals surface area contributed by atoms with Crippen molar-refractivity contribution in [3.8, 4) is 17.6 Å². The molecule has 0 aliphatic heterocycles. The van der Waals surface area contributed by atoms with Gasteiger partial charge in [-0.1, -0.05) is 29.8 Å². The summed E-state index contributed by atoms with van der Waals surface area (Å²) < 4.78 is 36.7. The number of hydrogen-bond donors (Lipinski definition) is 1. The van der Waals surface area contributed by atoms with Crippen molar-refractivity contribution in [2.75, 3.05) is 12.4 Å². The first kappa shape index (κ1) is 26.2. The Morgan fingerprint density at radius 1 is 1.03 bits per heavy atom. The molecule has 35 heavy (non-hydrogen) atoms. The molecule has 1 N–H and O–H groups in total. The lowest BCUT2D eigenvalue weighted by atomic mass is 10.1. The second-order valence-electron chi connectivity index (χ2n) is 7.83. The van der Waals surface area contributed by atoms with Crippen LogP contribution in [0.4, 0.5) is 5.69 Å². The Morgan fingerprint density at radius 3 is 2.31 bits per heavy atom. The number of aryl methyl sites for hydroxylation is 3. The lowest BCUT2D eigenvalue weighted by molar-refractivity contribution is -0.112. The number of rotatable bonds is 7. The summed E-state index contributed by atoms with van der Waals surface area (Å²) in [5.41, 5.74) is 3.73. The van der Waals surface area contributed by atoms with Gasteiger partial charge in [-0.2, -0.15) is 13.7 Å². The van der Waals surface area contributed by atoms with E-state index in [2.05, 4.69) is 5.32 Å². The van der Waals surface area contributed by atoms with Gasteiger partial charge in [-0.3, -0.25) is 4.79 Å². The molecule has 0 spiro atoms. The van der Waals surface area contributed by atoms with E-state index in [0.717, 1.165) is 16.7 Å². The van der Waals surface area contributed by atoms with Crippen molar-refractivity contribution in [2.24, 2.45) is 0 Å². The minimum Gasteiger partial charge on any atom is -0.493 e. The number of anilines is 1. The van der Waals surface area contributed by atoms with E-state index in [-0.39, 0.29) is 22.0 Å². The Hall–Kier alpha value is -3.36. The molecule has 3 aromatic rings. The van der Waals surface area contributed by atoms with Crippen LogP contribution in [0.2, 0.25) is 0 Å². The highest BCUT2D eigenvalue weighted by Gasteiger charge is 2.22. The van der Waals surface area contributed by atoms with Gasteiger partial charge < -0.3 is 14.2 Å². The van der Waals surface area contributed by atoms with Crippen LogP contribution in [0, 0.1) is 35.7 Å². The highest BCUT2D eigenvalue weighted by molar-refractivity contribution is 14.1. The molecular weight excluding hydrogens is 579 g/mol. The Bertz CT molecular complexity index is 1460. The van der Waals surface area contributed by atoms with Crippen molar-refractivity contribution >= 4 is 50.4 Å². The molecular formula is C26H23IN2O5S. The third-order valence-electron chi connectivity index (χ3n) is 5.07. The van der Waals surface area contributed by atoms with Gasteiger partial charge in [0.1, 0.15) is 16.5 Å². The molecule has 0 radical (unpaired) electrons. The topological polar surface area (TPSA) is 105 Å². The standard InChI is InChI=1S/C26H23IN2O5S/c1-16-6-9-21(10-7-16)35(31,32)34-25-22(27)13-19(14-24(25)33-4)12-20(15-28)26(30)29-23-11-17(2)5-8-18(23)3/h5-14H,1-4H3,(H,29,30)/b20-12+.